The van der Waals surface area contributed by atoms with Crippen LogP contribution in [0.2, 0.25) is 10.0 Å². The maximum Gasteiger partial charge on any atom is 0.261 e. The molecule has 2 amide bonds. The Kier molecular flexibility index (Phi) is 3.75. The fourth-order valence-electron chi connectivity index (χ4n) is 2.61. The second-order valence-corrected chi connectivity index (χ2v) is 6.44. The van der Waals surface area contributed by atoms with Crippen LogP contribution in [-0.2, 0) is 0 Å². The summed E-state index contributed by atoms with van der Waals surface area (Å²) in [6, 6.07) is 5.19. The molecular formula is C16H14Cl2N2O2. The molecular weight excluding hydrogens is 323 g/mol. The highest BCUT2D eigenvalue weighted by atomic mass is 35.5. The molecule has 0 saturated heterocycles. The van der Waals surface area contributed by atoms with Crippen LogP contribution in [0.1, 0.15) is 34.6 Å². The number of carbonyl (C=O) groups is 2. The molecule has 0 radical (unpaired) electrons. The molecule has 2 aromatic carbocycles. The Hall–Kier alpha value is -1.78. The number of imide groups is 1. The largest absolute Gasteiger partial charge is 0.383 e. The van der Waals surface area contributed by atoms with Crippen LogP contribution in [0.15, 0.2) is 18.2 Å². The maximum absolute atomic E-state index is 12.2. The van der Waals surface area contributed by atoms with Crippen molar-refractivity contribution >= 4 is 51.5 Å². The van der Waals surface area contributed by atoms with E-state index in [2.05, 4.69) is 10.6 Å². The highest BCUT2D eigenvalue weighted by Crippen LogP contribution is 2.42. The van der Waals surface area contributed by atoms with E-state index in [9.17, 15) is 9.59 Å². The lowest BCUT2D eigenvalue weighted by atomic mass is 9.98. The molecule has 114 valence electrons. The molecule has 1 aliphatic heterocycles. The minimum atomic E-state index is -0.435. The van der Waals surface area contributed by atoms with Gasteiger partial charge < -0.3 is 5.32 Å². The predicted molar refractivity (Wildman–Crippen MR) is 89.1 cm³/mol. The number of anilines is 1. The van der Waals surface area contributed by atoms with Crippen molar-refractivity contribution in [1.82, 2.24) is 5.32 Å². The van der Waals surface area contributed by atoms with E-state index in [1.807, 2.05) is 13.8 Å². The summed E-state index contributed by atoms with van der Waals surface area (Å²) in [6.45, 7) is 4.71. The van der Waals surface area contributed by atoms with E-state index >= 15 is 0 Å². The lowest BCUT2D eigenvalue weighted by Gasteiger charge is -2.16. The molecule has 0 fully saturated rings. The van der Waals surface area contributed by atoms with E-state index in [4.69, 9.17) is 23.2 Å². The molecule has 0 saturated carbocycles. The van der Waals surface area contributed by atoms with E-state index in [0.29, 0.717) is 50.1 Å². The van der Waals surface area contributed by atoms with Crippen molar-refractivity contribution in [3.63, 3.8) is 0 Å². The van der Waals surface area contributed by atoms with Crippen molar-refractivity contribution in [3.8, 4) is 0 Å². The number of carbonyl (C=O) groups excluding carboxylic acids is 2. The van der Waals surface area contributed by atoms with Crippen molar-refractivity contribution in [3.05, 3.63) is 39.4 Å². The van der Waals surface area contributed by atoms with Crippen LogP contribution in [-0.4, -0.2) is 18.4 Å². The van der Waals surface area contributed by atoms with Crippen LogP contribution in [0.5, 0.6) is 0 Å². The van der Waals surface area contributed by atoms with Gasteiger partial charge >= 0.3 is 0 Å². The molecule has 3 rings (SSSR count). The Bertz CT molecular complexity index is 816. The van der Waals surface area contributed by atoms with Crippen LogP contribution in [0.25, 0.3) is 10.8 Å². The van der Waals surface area contributed by atoms with Gasteiger partial charge in [-0.2, -0.15) is 0 Å². The van der Waals surface area contributed by atoms with Gasteiger partial charge in [-0.15, -0.1) is 0 Å². The first kappa shape index (κ1) is 15.1. The number of hydrogen-bond acceptors (Lipinski definition) is 3. The molecule has 6 heteroatoms. The SMILES string of the molecule is CC(C)CNc1c2c(c3cccc(Cl)c3c1Cl)C(=O)NC2=O. The zero-order valence-corrected chi connectivity index (χ0v) is 13.6. The van der Waals surface area contributed by atoms with Gasteiger partial charge in [-0.1, -0.05) is 49.2 Å². The highest BCUT2D eigenvalue weighted by Gasteiger charge is 2.34. The third-order valence-electron chi connectivity index (χ3n) is 3.59. The van der Waals surface area contributed by atoms with Gasteiger partial charge in [0.2, 0.25) is 0 Å². The Morgan fingerprint density at radius 2 is 1.82 bits per heavy atom. The molecule has 0 unspecified atom stereocenters. The minimum absolute atomic E-state index is 0.297. The zero-order valence-electron chi connectivity index (χ0n) is 12.1. The number of nitrogens with one attached hydrogen (secondary N) is 2. The number of rotatable bonds is 3. The van der Waals surface area contributed by atoms with E-state index < -0.39 is 11.8 Å². The summed E-state index contributed by atoms with van der Waals surface area (Å²) in [5.74, 6) is -0.500. The number of hydrogen-bond donors (Lipinski definition) is 2. The fraction of sp³-hybridized carbons (Fsp3) is 0.250. The summed E-state index contributed by atoms with van der Waals surface area (Å²) < 4.78 is 0. The van der Waals surface area contributed by atoms with E-state index in [1.165, 1.54) is 0 Å². The van der Waals surface area contributed by atoms with Crippen molar-refractivity contribution in [2.75, 3.05) is 11.9 Å². The zero-order chi connectivity index (χ0) is 16.0. The quantitative estimate of drug-likeness (QED) is 0.829. The smallest absolute Gasteiger partial charge is 0.261 e. The molecule has 1 heterocycles. The molecule has 2 aromatic rings. The van der Waals surface area contributed by atoms with Crippen LogP contribution in [0.4, 0.5) is 5.69 Å². The second kappa shape index (κ2) is 5.45. The van der Waals surface area contributed by atoms with Gasteiger partial charge in [0, 0.05) is 17.0 Å². The Morgan fingerprint density at radius 1 is 1.14 bits per heavy atom. The van der Waals surface area contributed by atoms with Crippen molar-refractivity contribution in [1.29, 1.82) is 0 Å². The normalized spacial score (nSPS) is 13.7. The number of fused-ring (bicyclic) bond motifs is 3. The summed E-state index contributed by atoms with van der Waals surface area (Å²) in [7, 11) is 0. The fourth-order valence-corrected chi connectivity index (χ4v) is 3.30. The van der Waals surface area contributed by atoms with Gasteiger partial charge in [0.15, 0.2) is 0 Å². The van der Waals surface area contributed by atoms with E-state index in [1.54, 1.807) is 18.2 Å². The first-order chi connectivity index (χ1) is 10.4. The lowest BCUT2D eigenvalue weighted by Crippen LogP contribution is -2.20. The summed E-state index contributed by atoms with van der Waals surface area (Å²) in [5.41, 5.74) is 1.10. The van der Waals surface area contributed by atoms with Crippen LogP contribution >= 0.6 is 23.2 Å². The standard InChI is InChI=1S/C16H14Cl2N2O2/c1-7(2)6-19-14-12-11(15(21)20-16(12)22)8-4-3-5-9(17)10(8)13(14)18/h3-5,7,19H,6H2,1-2H3,(H,20,21,22). The maximum atomic E-state index is 12.2. The topological polar surface area (TPSA) is 58.2 Å². The van der Waals surface area contributed by atoms with Gasteiger partial charge in [-0.25, -0.2) is 0 Å². The number of amides is 2. The lowest BCUT2D eigenvalue weighted by molar-refractivity contribution is 0.0880. The second-order valence-electron chi connectivity index (χ2n) is 5.66. The van der Waals surface area contributed by atoms with Gasteiger partial charge in [0.05, 0.1) is 21.8 Å². The average Bonchev–Trinajstić information content (AvgIpc) is 2.73. The molecule has 2 N–H and O–H groups in total. The first-order valence-electron chi connectivity index (χ1n) is 6.95. The van der Waals surface area contributed by atoms with E-state index in [-0.39, 0.29) is 0 Å². The van der Waals surface area contributed by atoms with Crippen LogP contribution in [0.3, 0.4) is 0 Å². The molecule has 0 bridgehead atoms. The summed E-state index contributed by atoms with van der Waals surface area (Å²) >= 11 is 12.7. The van der Waals surface area contributed by atoms with Gasteiger partial charge in [-0.05, 0) is 17.4 Å². The Morgan fingerprint density at radius 3 is 2.50 bits per heavy atom. The first-order valence-corrected chi connectivity index (χ1v) is 7.70. The third kappa shape index (κ3) is 2.23. The van der Waals surface area contributed by atoms with Gasteiger partial charge in [0.1, 0.15) is 0 Å². The molecule has 4 nitrogen and oxygen atoms in total. The van der Waals surface area contributed by atoms with Crippen molar-refractivity contribution < 1.29 is 9.59 Å². The molecule has 1 aliphatic rings. The molecule has 0 aliphatic carbocycles. The monoisotopic (exact) mass is 336 g/mol. The predicted octanol–water partition coefficient (Wildman–Crippen LogP) is 4.10. The summed E-state index contributed by atoms with van der Waals surface area (Å²) in [6.07, 6.45) is 0. The Labute approximate surface area is 137 Å². The minimum Gasteiger partial charge on any atom is -0.383 e. The molecule has 22 heavy (non-hydrogen) atoms. The van der Waals surface area contributed by atoms with Crippen LogP contribution < -0.4 is 10.6 Å². The third-order valence-corrected chi connectivity index (χ3v) is 4.28. The van der Waals surface area contributed by atoms with Gasteiger partial charge in [0.25, 0.3) is 11.8 Å². The van der Waals surface area contributed by atoms with Crippen molar-refractivity contribution in [2.24, 2.45) is 5.92 Å². The van der Waals surface area contributed by atoms with Gasteiger partial charge in [-0.3, -0.25) is 14.9 Å². The number of benzene rings is 2. The molecule has 0 aromatic heterocycles. The molecule has 0 spiro atoms. The molecule has 0 atom stereocenters. The number of halogens is 2. The van der Waals surface area contributed by atoms with Crippen molar-refractivity contribution in [2.45, 2.75) is 13.8 Å². The van der Waals surface area contributed by atoms with Crippen LogP contribution in [0, 0.1) is 5.92 Å². The summed E-state index contributed by atoms with van der Waals surface area (Å²) in [4.78, 5) is 24.3. The Balaban J connectivity index is 2.37. The average molecular weight is 337 g/mol. The van der Waals surface area contributed by atoms with E-state index in [0.717, 1.165) is 0 Å². The summed E-state index contributed by atoms with van der Waals surface area (Å²) in [5, 5.41) is 7.50. The highest BCUT2D eigenvalue weighted by molar-refractivity contribution is 6.46.